The maximum absolute atomic E-state index is 5.79. The molecule has 0 bridgehead atoms. The molecule has 0 spiro atoms. The summed E-state index contributed by atoms with van der Waals surface area (Å²) in [5.41, 5.74) is 0.678. The minimum atomic E-state index is -0.332. The molecule has 2 aromatic carbocycles. The standard InChI is InChI=1S/C17H17NO2/c1-17(12-19-15-10-6-3-7-11-15)13-20-16(18-17)14-8-4-2-5-9-14/h2-11H,12-13H2,1H3. The van der Waals surface area contributed by atoms with E-state index < -0.39 is 0 Å². The summed E-state index contributed by atoms with van der Waals surface area (Å²) in [6.07, 6.45) is 0. The Bertz CT molecular complexity index is 595. The number of benzene rings is 2. The number of rotatable bonds is 4. The molecule has 0 radical (unpaired) electrons. The molecule has 1 atom stereocenters. The minimum Gasteiger partial charge on any atom is -0.491 e. The largest absolute Gasteiger partial charge is 0.491 e. The van der Waals surface area contributed by atoms with Gasteiger partial charge in [-0.2, -0.15) is 0 Å². The highest BCUT2D eigenvalue weighted by molar-refractivity contribution is 5.95. The lowest BCUT2D eigenvalue weighted by Crippen LogP contribution is -2.31. The van der Waals surface area contributed by atoms with Gasteiger partial charge in [0.2, 0.25) is 5.90 Å². The summed E-state index contributed by atoms with van der Waals surface area (Å²) in [6, 6.07) is 19.7. The topological polar surface area (TPSA) is 30.8 Å². The van der Waals surface area contributed by atoms with Gasteiger partial charge in [-0.05, 0) is 31.2 Å². The van der Waals surface area contributed by atoms with Crippen LogP contribution in [0.3, 0.4) is 0 Å². The molecule has 3 rings (SSSR count). The van der Waals surface area contributed by atoms with E-state index in [4.69, 9.17) is 9.47 Å². The molecule has 3 heteroatoms. The summed E-state index contributed by atoms with van der Waals surface area (Å²) >= 11 is 0. The predicted molar refractivity (Wildman–Crippen MR) is 79.3 cm³/mol. The molecule has 0 N–H and O–H groups in total. The average molecular weight is 267 g/mol. The molecule has 2 aromatic rings. The van der Waals surface area contributed by atoms with Crippen molar-refractivity contribution in [2.24, 2.45) is 4.99 Å². The van der Waals surface area contributed by atoms with E-state index in [0.29, 0.717) is 19.1 Å². The summed E-state index contributed by atoms with van der Waals surface area (Å²) in [4.78, 5) is 4.67. The van der Waals surface area contributed by atoms with Crippen LogP contribution in [0.1, 0.15) is 12.5 Å². The van der Waals surface area contributed by atoms with E-state index in [2.05, 4.69) is 4.99 Å². The van der Waals surface area contributed by atoms with Gasteiger partial charge < -0.3 is 9.47 Å². The van der Waals surface area contributed by atoms with E-state index in [9.17, 15) is 0 Å². The molecule has 3 nitrogen and oxygen atoms in total. The summed E-state index contributed by atoms with van der Waals surface area (Å²) in [5, 5.41) is 0. The van der Waals surface area contributed by atoms with Crippen LogP contribution in [0.5, 0.6) is 5.75 Å². The Balaban J connectivity index is 1.69. The van der Waals surface area contributed by atoms with Crippen LogP contribution in [0, 0.1) is 0 Å². The van der Waals surface area contributed by atoms with Gasteiger partial charge in [-0.1, -0.05) is 36.4 Å². The van der Waals surface area contributed by atoms with Gasteiger partial charge in [-0.25, -0.2) is 4.99 Å². The third kappa shape index (κ3) is 2.82. The minimum absolute atomic E-state index is 0.332. The van der Waals surface area contributed by atoms with Gasteiger partial charge in [0.1, 0.15) is 24.5 Å². The van der Waals surface area contributed by atoms with Crippen molar-refractivity contribution in [3.8, 4) is 5.75 Å². The number of ether oxygens (including phenoxy) is 2. The Morgan fingerprint density at radius 1 is 1.05 bits per heavy atom. The van der Waals surface area contributed by atoms with Crippen LogP contribution in [0.4, 0.5) is 0 Å². The molecule has 0 aliphatic carbocycles. The Morgan fingerprint density at radius 3 is 2.40 bits per heavy atom. The maximum atomic E-state index is 5.79. The summed E-state index contributed by atoms with van der Waals surface area (Å²) in [5.74, 6) is 1.56. The fourth-order valence-corrected chi connectivity index (χ4v) is 2.09. The first-order chi connectivity index (χ1) is 9.75. The number of nitrogens with zero attached hydrogens (tertiary/aromatic N) is 1. The smallest absolute Gasteiger partial charge is 0.216 e. The number of para-hydroxylation sites is 1. The van der Waals surface area contributed by atoms with Gasteiger partial charge in [0.05, 0.1) is 0 Å². The predicted octanol–water partition coefficient (Wildman–Crippen LogP) is 3.30. The molecule has 1 heterocycles. The second-order valence-corrected chi connectivity index (χ2v) is 5.17. The molecular formula is C17H17NO2. The Morgan fingerprint density at radius 2 is 1.70 bits per heavy atom. The highest BCUT2D eigenvalue weighted by Gasteiger charge is 2.33. The lowest BCUT2D eigenvalue weighted by molar-refractivity contribution is 0.185. The van der Waals surface area contributed by atoms with Gasteiger partial charge in [-0.15, -0.1) is 0 Å². The lowest BCUT2D eigenvalue weighted by atomic mass is 10.1. The molecule has 20 heavy (non-hydrogen) atoms. The molecule has 1 aliphatic rings. The SMILES string of the molecule is CC1(COc2ccccc2)COC(c2ccccc2)=N1. The Hall–Kier alpha value is -2.29. The number of hydrogen-bond acceptors (Lipinski definition) is 3. The second kappa shape index (κ2) is 5.37. The molecule has 0 fully saturated rings. The summed E-state index contributed by atoms with van der Waals surface area (Å²) < 4.78 is 11.5. The van der Waals surface area contributed by atoms with Crippen molar-refractivity contribution in [3.63, 3.8) is 0 Å². The van der Waals surface area contributed by atoms with Crippen LogP contribution in [-0.2, 0) is 4.74 Å². The van der Waals surface area contributed by atoms with Crippen molar-refractivity contribution in [3.05, 3.63) is 66.2 Å². The number of aliphatic imine (C=N–C) groups is 1. The van der Waals surface area contributed by atoms with Crippen LogP contribution in [0.2, 0.25) is 0 Å². The number of hydrogen-bond donors (Lipinski definition) is 0. The van der Waals surface area contributed by atoms with E-state index >= 15 is 0 Å². The first-order valence-electron chi connectivity index (χ1n) is 6.71. The monoisotopic (exact) mass is 267 g/mol. The second-order valence-electron chi connectivity index (χ2n) is 5.17. The van der Waals surface area contributed by atoms with Gasteiger partial charge in [0, 0.05) is 5.56 Å². The van der Waals surface area contributed by atoms with Crippen LogP contribution in [0.25, 0.3) is 0 Å². The van der Waals surface area contributed by atoms with Crippen molar-refractivity contribution >= 4 is 5.90 Å². The fourth-order valence-electron chi connectivity index (χ4n) is 2.09. The molecule has 0 amide bonds. The molecule has 0 aromatic heterocycles. The van der Waals surface area contributed by atoms with Crippen LogP contribution in [0.15, 0.2) is 65.7 Å². The lowest BCUT2D eigenvalue weighted by Gasteiger charge is -2.18. The molecule has 1 unspecified atom stereocenters. The van der Waals surface area contributed by atoms with Crippen LogP contribution < -0.4 is 4.74 Å². The van der Waals surface area contributed by atoms with Crippen molar-refractivity contribution in [2.75, 3.05) is 13.2 Å². The van der Waals surface area contributed by atoms with Gasteiger partial charge in [0.25, 0.3) is 0 Å². The Kier molecular flexibility index (Phi) is 3.42. The highest BCUT2D eigenvalue weighted by atomic mass is 16.5. The van der Waals surface area contributed by atoms with Crippen LogP contribution in [-0.4, -0.2) is 24.7 Å². The fraction of sp³-hybridized carbons (Fsp3) is 0.235. The molecule has 0 saturated heterocycles. The van der Waals surface area contributed by atoms with Gasteiger partial charge >= 0.3 is 0 Å². The van der Waals surface area contributed by atoms with Gasteiger partial charge in [0.15, 0.2) is 0 Å². The first-order valence-corrected chi connectivity index (χ1v) is 6.71. The molecule has 1 aliphatic heterocycles. The molecule has 0 saturated carbocycles. The van der Waals surface area contributed by atoms with Crippen molar-refractivity contribution < 1.29 is 9.47 Å². The average Bonchev–Trinajstić information content (AvgIpc) is 2.90. The van der Waals surface area contributed by atoms with E-state index in [1.807, 2.05) is 67.6 Å². The van der Waals surface area contributed by atoms with Crippen molar-refractivity contribution in [1.82, 2.24) is 0 Å². The van der Waals surface area contributed by atoms with E-state index in [0.717, 1.165) is 11.3 Å². The quantitative estimate of drug-likeness (QED) is 0.851. The summed E-state index contributed by atoms with van der Waals surface area (Å²) in [6.45, 7) is 3.10. The maximum Gasteiger partial charge on any atom is 0.216 e. The zero-order valence-electron chi connectivity index (χ0n) is 11.5. The third-order valence-corrected chi connectivity index (χ3v) is 3.21. The van der Waals surface area contributed by atoms with E-state index in [-0.39, 0.29) is 5.54 Å². The van der Waals surface area contributed by atoms with E-state index in [1.54, 1.807) is 0 Å². The Labute approximate surface area is 118 Å². The molecular weight excluding hydrogens is 250 g/mol. The van der Waals surface area contributed by atoms with Gasteiger partial charge in [-0.3, -0.25) is 0 Å². The zero-order valence-corrected chi connectivity index (χ0v) is 11.5. The van der Waals surface area contributed by atoms with Crippen molar-refractivity contribution in [2.45, 2.75) is 12.5 Å². The van der Waals surface area contributed by atoms with Crippen LogP contribution >= 0.6 is 0 Å². The normalized spacial score (nSPS) is 21.1. The van der Waals surface area contributed by atoms with Crippen molar-refractivity contribution in [1.29, 1.82) is 0 Å². The first kappa shape index (κ1) is 12.7. The highest BCUT2D eigenvalue weighted by Crippen LogP contribution is 2.23. The third-order valence-electron chi connectivity index (χ3n) is 3.21. The molecule has 102 valence electrons. The van der Waals surface area contributed by atoms with E-state index in [1.165, 1.54) is 0 Å². The summed E-state index contributed by atoms with van der Waals surface area (Å²) in [7, 11) is 0. The zero-order chi connectivity index (χ0) is 13.8.